The molecule has 2 aromatic rings. The van der Waals surface area contributed by atoms with E-state index in [9.17, 15) is 26.3 Å². The van der Waals surface area contributed by atoms with Gasteiger partial charge in [-0.05, 0) is 41.5 Å². The first-order valence-electron chi connectivity index (χ1n) is 5.66. The molecule has 0 aliphatic rings. The smallest absolute Gasteiger partial charge is 0.416 e. The van der Waals surface area contributed by atoms with Crippen LogP contribution in [0.15, 0.2) is 42.5 Å². The van der Waals surface area contributed by atoms with Crippen molar-refractivity contribution in [2.24, 2.45) is 0 Å². The van der Waals surface area contributed by atoms with Crippen LogP contribution in [0.4, 0.5) is 26.3 Å². The maximum Gasteiger partial charge on any atom is 0.416 e. The Balaban J connectivity index is 2.63. The second kappa shape index (κ2) is 4.98. The van der Waals surface area contributed by atoms with E-state index < -0.39 is 23.5 Å². The van der Waals surface area contributed by atoms with Gasteiger partial charge in [0.15, 0.2) is 0 Å². The number of phenolic OH excluding ortho intramolecular Hbond substituents is 1. The minimum atomic E-state index is -4.88. The van der Waals surface area contributed by atoms with Crippen molar-refractivity contribution in [3.8, 4) is 16.9 Å². The van der Waals surface area contributed by atoms with Gasteiger partial charge in [-0.1, -0.05) is 12.1 Å². The van der Waals surface area contributed by atoms with Crippen molar-refractivity contribution in [2.45, 2.75) is 12.4 Å². The van der Waals surface area contributed by atoms with Crippen LogP contribution in [0.1, 0.15) is 11.1 Å². The number of halogens is 6. The molecule has 0 heterocycles. The van der Waals surface area contributed by atoms with Crippen molar-refractivity contribution >= 4 is 0 Å². The normalized spacial score (nSPS) is 12.5. The topological polar surface area (TPSA) is 20.2 Å². The fourth-order valence-corrected chi connectivity index (χ4v) is 1.78. The van der Waals surface area contributed by atoms with Crippen LogP contribution < -0.4 is 0 Å². The molecule has 0 bridgehead atoms. The van der Waals surface area contributed by atoms with E-state index in [1.165, 1.54) is 24.3 Å². The summed E-state index contributed by atoms with van der Waals surface area (Å²) in [5, 5.41) is 9.11. The molecule has 2 aromatic carbocycles. The second-order valence-corrected chi connectivity index (χ2v) is 4.34. The van der Waals surface area contributed by atoms with Gasteiger partial charge in [-0.15, -0.1) is 0 Å². The Hall–Kier alpha value is -2.18. The molecule has 0 spiro atoms. The summed E-state index contributed by atoms with van der Waals surface area (Å²) in [7, 11) is 0. The SMILES string of the molecule is Oc1ccc(-c2cc(C(F)(F)F)cc(C(F)(F)F)c2)cc1. The van der Waals surface area contributed by atoms with Gasteiger partial charge in [0.05, 0.1) is 11.1 Å². The van der Waals surface area contributed by atoms with E-state index >= 15 is 0 Å². The first-order valence-corrected chi connectivity index (χ1v) is 5.66. The van der Waals surface area contributed by atoms with Gasteiger partial charge in [0.1, 0.15) is 5.75 Å². The Morgan fingerprint density at radius 3 is 1.43 bits per heavy atom. The minimum Gasteiger partial charge on any atom is -0.508 e. The molecule has 1 nitrogen and oxygen atoms in total. The molecule has 0 aliphatic heterocycles. The van der Waals surface area contributed by atoms with Gasteiger partial charge in [-0.3, -0.25) is 0 Å². The Morgan fingerprint density at radius 2 is 1.05 bits per heavy atom. The number of phenols is 1. The van der Waals surface area contributed by atoms with Crippen LogP contribution in [0, 0.1) is 0 Å². The van der Waals surface area contributed by atoms with Crippen molar-refractivity contribution in [3.63, 3.8) is 0 Å². The molecular weight excluding hydrogens is 298 g/mol. The zero-order valence-electron chi connectivity index (χ0n) is 10.3. The molecule has 0 radical (unpaired) electrons. The van der Waals surface area contributed by atoms with Gasteiger partial charge in [0.2, 0.25) is 0 Å². The average molecular weight is 306 g/mol. The molecule has 0 saturated carbocycles. The molecule has 0 fully saturated rings. The predicted molar refractivity (Wildman–Crippen MR) is 63.5 cm³/mol. The summed E-state index contributed by atoms with van der Waals surface area (Å²) >= 11 is 0. The van der Waals surface area contributed by atoms with Crippen molar-refractivity contribution in [2.75, 3.05) is 0 Å². The zero-order valence-corrected chi connectivity index (χ0v) is 10.3. The monoisotopic (exact) mass is 306 g/mol. The standard InChI is InChI=1S/C14H8F6O/c15-13(16,17)10-5-9(6-11(7-10)14(18,19)20)8-1-3-12(21)4-2-8/h1-7,21H. The number of hydrogen-bond acceptors (Lipinski definition) is 1. The second-order valence-electron chi connectivity index (χ2n) is 4.34. The van der Waals surface area contributed by atoms with Gasteiger partial charge in [-0.2, -0.15) is 26.3 Å². The van der Waals surface area contributed by atoms with E-state index in [1.54, 1.807) is 0 Å². The lowest BCUT2D eigenvalue weighted by atomic mass is 9.99. The highest BCUT2D eigenvalue weighted by molar-refractivity contribution is 5.66. The fraction of sp³-hybridized carbons (Fsp3) is 0.143. The summed E-state index contributed by atoms with van der Waals surface area (Å²) in [5.74, 6) is -0.137. The minimum absolute atomic E-state index is 0.0733. The molecular formula is C14H8F6O. The number of aromatic hydroxyl groups is 1. The van der Waals surface area contributed by atoms with Gasteiger partial charge in [-0.25, -0.2) is 0 Å². The lowest BCUT2D eigenvalue weighted by molar-refractivity contribution is -0.143. The van der Waals surface area contributed by atoms with Crippen molar-refractivity contribution < 1.29 is 31.4 Å². The molecule has 7 heteroatoms. The Morgan fingerprint density at radius 1 is 0.619 bits per heavy atom. The Labute approximate surface area is 115 Å². The highest BCUT2D eigenvalue weighted by Crippen LogP contribution is 2.38. The number of benzene rings is 2. The lowest BCUT2D eigenvalue weighted by Gasteiger charge is -2.14. The Kier molecular flexibility index (Phi) is 3.61. The summed E-state index contributed by atoms with van der Waals surface area (Å²) in [6.07, 6.45) is -9.76. The summed E-state index contributed by atoms with van der Waals surface area (Å²) in [5.41, 5.74) is -2.83. The van der Waals surface area contributed by atoms with Crippen molar-refractivity contribution in [1.82, 2.24) is 0 Å². The molecule has 0 saturated heterocycles. The van der Waals surface area contributed by atoms with Crippen LogP contribution in [0.5, 0.6) is 5.75 Å². The summed E-state index contributed by atoms with van der Waals surface area (Å²) < 4.78 is 76.3. The number of hydrogen-bond donors (Lipinski definition) is 1. The Bertz CT molecular complexity index is 608. The highest BCUT2D eigenvalue weighted by atomic mass is 19.4. The van der Waals surface area contributed by atoms with Gasteiger partial charge in [0, 0.05) is 0 Å². The molecule has 2 rings (SSSR count). The molecule has 0 aromatic heterocycles. The van der Waals surface area contributed by atoms with Crippen LogP contribution in [0.25, 0.3) is 11.1 Å². The van der Waals surface area contributed by atoms with E-state index in [2.05, 4.69) is 0 Å². The van der Waals surface area contributed by atoms with E-state index in [-0.39, 0.29) is 22.9 Å². The number of alkyl halides is 6. The largest absolute Gasteiger partial charge is 0.508 e. The molecule has 0 amide bonds. The summed E-state index contributed by atoms with van der Waals surface area (Å²) in [6, 6.07) is 6.20. The third kappa shape index (κ3) is 3.48. The molecule has 112 valence electrons. The van der Waals surface area contributed by atoms with Crippen LogP contribution in [-0.4, -0.2) is 5.11 Å². The van der Waals surface area contributed by atoms with Crippen LogP contribution in [0.2, 0.25) is 0 Å². The third-order valence-electron chi connectivity index (χ3n) is 2.79. The number of rotatable bonds is 1. The first kappa shape index (κ1) is 15.2. The third-order valence-corrected chi connectivity index (χ3v) is 2.79. The quantitative estimate of drug-likeness (QED) is 0.727. The predicted octanol–water partition coefficient (Wildman–Crippen LogP) is 5.10. The van der Waals surface area contributed by atoms with E-state index in [4.69, 9.17) is 5.11 Å². The molecule has 1 N–H and O–H groups in total. The van der Waals surface area contributed by atoms with Crippen LogP contribution in [0.3, 0.4) is 0 Å². The van der Waals surface area contributed by atoms with E-state index in [1.807, 2.05) is 0 Å². The van der Waals surface area contributed by atoms with E-state index in [0.29, 0.717) is 12.1 Å². The molecule has 0 aliphatic carbocycles. The summed E-state index contributed by atoms with van der Waals surface area (Å²) in [4.78, 5) is 0. The average Bonchev–Trinajstić information content (AvgIpc) is 2.37. The van der Waals surface area contributed by atoms with E-state index in [0.717, 1.165) is 0 Å². The molecule has 0 unspecified atom stereocenters. The molecule has 21 heavy (non-hydrogen) atoms. The maximum absolute atomic E-state index is 12.7. The van der Waals surface area contributed by atoms with Gasteiger partial charge in [0.25, 0.3) is 0 Å². The first-order chi connectivity index (χ1) is 9.57. The van der Waals surface area contributed by atoms with Gasteiger partial charge >= 0.3 is 12.4 Å². The maximum atomic E-state index is 12.7. The van der Waals surface area contributed by atoms with Gasteiger partial charge < -0.3 is 5.11 Å². The lowest BCUT2D eigenvalue weighted by Crippen LogP contribution is -2.11. The molecule has 0 atom stereocenters. The summed E-state index contributed by atoms with van der Waals surface area (Å²) in [6.45, 7) is 0. The zero-order chi connectivity index (χ0) is 15.8. The van der Waals surface area contributed by atoms with Crippen LogP contribution in [-0.2, 0) is 12.4 Å². The van der Waals surface area contributed by atoms with Crippen molar-refractivity contribution in [1.29, 1.82) is 0 Å². The highest BCUT2D eigenvalue weighted by Gasteiger charge is 2.36. The fourth-order valence-electron chi connectivity index (χ4n) is 1.78. The van der Waals surface area contributed by atoms with Crippen LogP contribution >= 0.6 is 0 Å². The van der Waals surface area contributed by atoms with Crippen molar-refractivity contribution in [3.05, 3.63) is 53.6 Å².